The van der Waals surface area contributed by atoms with Crippen LogP contribution in [0.1, 0.15) is 11.7 Å². The number of hydrogen-bond acceptors (Lipinski definition) is 3. The fraction of sp³-hybridized carbons (Fsp3) is 0.538. The zero-order chi connectivity index (χ0) is 13.0. The number of nitrogens with zero attached hydrogens (tertiary/aromatic N) is 1. The van der Waals surface area contributed by atoms with Crippen LogP contribution in [0.15, 0.2) is 18.2 Å². The Kier molecular flexibility index (Phi) is 4.95. The van der Waals surface area contributed by atoms with Crippen molar-refractivity contribution in [2.75, 3.05) is 40.0 Å². The minimum absolute atomic E-state index is 0.0475. The van der Waals surface area contributed by atoms with Crippen LogP contribution in [0, 0.1) is 5.82 Å². The first-order chi connectivity index (χ1) is 8.70. The van der Waals surface area contributed by atoms with E-state index in [4.69, 9.17) is 21.1 Å². The number of rotatable bonds is 4. The van der Waals surface area contributed by atoms with Crippen molar-refractivity contribution in [3.63, 3.8) is 0 Å². The molecule has 3 nitrogen and oxygen atoms in total. The Morgan fingerprint density at radius 3 is 3.11 bits per heavy atom. The van der Waals surface area contributed by atoms with Crippen molar-refractivity contribution in [1.82, 2.24) is 4.90 Å². The summed E-state index contributed by atoms with van der Waals surface area (Å²) in [5, 5.41) is 0.144. The monoisotopic (exact) mass is 273 g/mol. The van der Waals surface area contributed by atoms with Gasteiger partial charge in [0.05, 0.1) is 24.3 Å². The van der Waals surface area contributed by atoms with Crippen LogP contribution in [0.3, 0.4) is 0 Å². The lowest BCUT2D eigenvalue weighted by atomic mass is 10.1. The Morgan fingerprint density at radius 2 is 2.39 bits per heavy atom. The molecule has 1 atom stereocenters. The molecule has 100 valence electrons. The standard InChI is InChI=1S/C13H17ClFNO2/c1-17-6-4-16-5-7-18-13(9-16)10-2-3-12(15)11(14)8-10/h2-3,8,13H,4-7,9H2,1H3/t13-/m0/s1. The molecule has 18 heavy (non-hydrogen) atoms. The molecule has 5 heteroatoms. The Hall–Kier alpha value is -0.680. The summed E-state index contributed by atoms with van der Waals surface area (Å²) < 4.78 is 23.9. The van der Waals surface area contributed by atoms with Gasteiger partial charge in [0.1, 0.15) is 5.82 Å². The quantitative estimate of drug-likeness (QED) is 0.841. The van der Waals surface area contributed by atoms with Crippen LogP contribution in [0.25, 0.3) is 0 Å². The molecule has 1 aromatic carbocycles. The number of benzene rings is 1. The molecule has 1 saturated heterocycles. The summed E-state index contributed by atoms with van der Waals surface area (Å²) in [6.07, 6.45) is -0.0475. The topological polar surface area (TPSA) is 21.7 Å². The minimum atomic E-state index is -0.396. The molecular weight excluding hydrogens is 257 g/mol. The highest BCUT2D eigenvalue weighted by molar-refractivity contribution is 6.30. The Labute approximate surface area is 111 Å². The first-order valence-corrected chi connectivity index (χ1v) is 6.36. The zero-order valence-corrected chi connectivity index (χ0v) is 11.1. The molecule has 0 aliphatic carbocycles. The summed E-state index contributed by atoms with van der Waals surface area (Å²) in [5.41, 5.74) is 0.920. The van der Waals surface area contributed by atoms with Gasteiger partial charge in [-0.2, -0.15) is 0 Å². The summed E-state index contributed by atoms with van der Waals surface area (Å²) >= 11 is 5.79. The SMILES string of the molecule is COCCN1CCO[C@H](c2ccc(F)c(Cl)c2)C1. The van der Waals surface area contributed by atoms with Crippen LogP contribution in [0.5, 0.6) is 0 Å². The fourth-order valence-corrected chi connectivity index (χ4v) is 2.23. The minimum Gasteiger partial charge on any atom is -0.383 e. The van der Waals surface area contributed by atoms with E-state index in [-0.39, 0.29) is 11.1 Å². The van der Waals surface area contributed by atoms with Gasteiger partial charge in [0.2, 0.25) is 0 Å². The molecule has 2 rings (SSSR count). The van der Waals surface area contributed by atoms with E-state index in [1.807, 2.05) is 0 Å². The largest absolute Gasteiger partial charge is 0.383 e. The maximum Gasteiger partial charge on any atom is 0.141 e. The second-order valence-electron chi connectivity index (χ2n) is 4.33. The van der Waals surface area contributed by atoms with Crippen LogP contribution in [0.4, 0.5) is 4.39 Å². The molecule has 0 bridgehead atoms. The van der Waals surface area contributed by atoms with Gasteiger partial charge < -0.3 is 9.47 Å². The van der Waals surface area contributed by atoms with Crippen LogP contribution in [-0.2, 0) is 9.47 Å². The fourth-order valence-electron chi connectivity index (χ4n) is 2.04. The van der Waals surface area contributed by atoms with E-state index in [0.717, 1.165) is 25.2 Å². The van der Waals surface area contributed by atoms with Crippen molar-refractivity contribution in [2.24, 2.45) is 0 Å². The third-order valence-corrected chi connectivity index (χ3v) is 3.37. The summed E-state index contributed by atoms with van der Waals surface area (Å²) in [6, 6.07) is 4.75. The summed E-state index contributed by atoms with van der Waals surface area (Å²) in [7, 11) is 1.69. The van der Waals surface area contributed by atoms with Gasteiger partial charge in [-0.1, -0.05) is 17.7 Å². The first kappa shape index (κ1) is 13.7. The van der Waals surface area contributed by atoms with Gasteiger partial charge in [0.15, 0.2) is 0 Å². The molecular formula is C13H17ClFNO2. The van der Waals surface area contributed by atoms with Gasteiger partial charge >= 0.3 is 0 Å². The smallest absolute Gasteiger partial charge is 0.141 e. The Balaban J connectivity index is 2.01. The van der Waals surface area contributed by atoms with Crippen LogP contribution in [-0.4, -0.2) is 44.9 Å². The normalized spacial score (nSPS) is 21.2. The molecule has 1 heterocycles. The molecule has 1 aliphatic heterocycles. The van der Waals surface area contributed by atoms with Gasteiger partial charge in [-0.25, -0.2) is 4.39 Å². The van der Waals surface area contributed by atoms with E-state index in [2.05, 4.69) is 4.90 Å². The number of methoxy groups -OCH3 is 1. The summed E-state index contributed by atoms with van der Waals surface area (Å²) in [4.78, 5) is 2.27. The highest BCUT2D eigenvalue weighted by atomic mass is 35.5. The Morgan fingerprint density at radius 1 is 1.56 bits per heavy atom. The predicted octanol–water partition coefficient (Wildman–Crippen LogP) is 2.50. The number of morpholine rings is 1. The van der Waals surface area contributed by atoms with Gasteiger partial charge in [-0.3, -0.25) is 4.90 Å². The second kappa shape index (κ2) is 6.48. The number of ether oxygens (including phenoxy) is 2. The van der Waals surface area contributed by atoms with Gasteiger partial charge in [-0.05, 0) is 17.7 Å². The van der Waals surface area contributed by atoms with Crippen LogP contribution < -0.4 is 0 Å². The van der Waals surface area contributed by atoms with Crippen LogP contribution in [0.2, 0.25) is 5.02 Å². The number of halogens is 2. The van der Waals surface area contributed by atoms with Gasteiger partial charge in [-0.15, -0.1) is 0 Å². The lowest BCUT2D eigenvalue weighted by Gasteiger charge is -2.33. The summed E-state index contributed by atoms with van der Waals surface area (Å²) in [5.74, 6) is -0.396. The van der Waals surface area contributed by atoms with Crippen molar-refractivity contribution < 1.29 is 13.9 Å². The molecule has 0 unspecified atom stereocenters. The molecule has 0 N–H and O–H groups in total. The van der Waals surface area contributed by atoms with Crippen molar-refractivity contribution in [3.05, 3.63) is 34.6 Å². The van der Waals surface area contributed by atoms with Crippen molar-refractivity contribution in [3.8, 4) is 0 Å². The maximum atomic E-state index is 13.1. The number of hydrogen-bond donors (Lipinski definition) is 0. The molecule has 0 aromatic heterocycles. The van der Waals surface area contributed by atoms with E-state index >= 15 is 0 Å². The average molecular weight is 274 g/mol. The Bertz CT molecular complexity index is 403. The third kappa shape index (κ3) is 3.42. The van der Waals surface area contributed by atoms with Crippen LogP contribution >= 0.6 is 11.6 Å². The second-order valence-corrected chi connectivity index (χ2v) is 4.73. The highest BCUT2D eigenvalue weighted by Crippen LogP contribution is 2.25. The molecule has 1 aromatic rings. The third-order valence-electron chi connectivity index (χ3n) is 3.08. The molecule has 0 radical (unpaired) electrons. The molecule has 1 aliphatic rings. The predicted molar refractivity (Wildman–Crippen MR) is 68.4 cm³/mol. The van der Waals surface area contributed by atoms with Crippen molar-refractivity contribution >= 4 is 11.6 Å². The van der Waals surface area contributed by atoms with Gasteiger partial charge in [0, 0.05) is 26.7 Å². The maximum absolute atomic E-state index is 13.1. The van der Waals surface area contributed by atoms with Crippen molar-refractivity contribution in [2.45, 2.75) is 6.10 Å². The van der Waals surface area contributed by atoms with E-state index in [1.165, 1.54) is 6.07 Å². The average Bonchev–Trinajstić information content (AvgIpc) is 2.40. The van der Waals surface area contributed by atoms with E-state index in [1.54, 1.807) is 19.2 Å². The van der Waals surface area contributed by atoms with Crippen molar-refractivity contribution in [1.29, 1.82) is 0 Å². The molecule has 0 spiro atoms. The molecule has 0 saturated carbocycles. The van der Waals surface area contributed by atoms with E-state index < -0.39 is 5.82 Å². The van der Waals surface area contributed by atoms with E-state index in [0.29, 0.717) is 13.2 Å². The molecule has 0 amide bonds. The first-order valence-electron chi connectivity index (χ1n) is 5.98. The van der Waals surface area contributed by atoms with E-state index in [9.17, 15) is 4.39 Å². The lowest BCUT2D eigenvalue weighted by molar-refractivity contribution is -0.0356. The zero-order valence-electron chi connectivity index (χ0n) is 10.4. The lowest BCUT2D eigenvalue weighted by Crippen LogP contribution is -2.40. The molecule has 1 fully saturated rings. The van der Waals surface area contributed by atoms with Gasteiger partial charge in [0.25, 0.3) is 0 Å². The summed E-state index contributed by atoms with van der Waals surface area (Å²) in [6.45, 7) is 3.94. The highest BCUT2D eigenvalue weighted by Gasteiger charge is 2.22.